The zero-order valence-corrected chi connectivity index (χ0v) is 14.8. The molecule has 24 heavy (non-hydrogen) atoms. The molecule has 2 atom stereocenters. The molecule has 1 aliphatic carbocycles. The molecule has 1 saturated heterocycles. The molecule has 0 unspecified atom stereocenters. The maximum absolute atomic E-state index is 12.6. The van der Waals surface area contributed by atoms with Crippen molar-refractivity contribution in [1.82, 2.24) is 4.90 Å². The normalized spacial score (nSPS) is 22.8. The standard InChI is InChI=1S/C18H20Cl2N2O2/c19-13-9-14(20)11-15(10-13)21-18(24)16-6-3-7-22(16)17(23)8-12-4-1-2-5-12/h1,4,9-12,16H,2-3,5-8H2,(H,21,24)/t12-,16-/m0/s1. The van der Waals surface area contributed by atoms with Crippen LogP contribution >= 0.6 is 23.2 Å². The molecule has 0 radical (unpaired) electrons. The molecule has 128 valence electrons. The van der Waals surface area contributed by atoms with Crippen molar-refractivity contribution in [2.45, 2.75) is 38.1 Å². The van der Waals surface area contributed by atoms with E-state index < -0.39 is 6.04 Å². The first-order chi connectivity index (χ1) is 11.5. The van der Waals surface area contributed by atoms with E-state index in [4.69, 9.17) is 23.2 Å². The SMILES string of the molecule is O=C(Nc1cc(Cl)cc(Cl)c1)[C@@H]1CCCN1C(=O)C[C@H]1C=CCC1. The Balaban J connectivity index is 1.64. The Morgan fingerprint density at radius 3 is 2.58 bits per heavy atom. The minimum atomic E-state index is -0.416. The van der Waals surface area contributed by atoms with Gasteiger partial charge in [0.1, 0.15) is 6.04 Å². The number of likely N-dealkylation sites (tertiary alicyclic amines) is 1. The van der Waals surface area contributed by atoms with Crippen LogP contribution in [0, 0.1) is 5.92 Å². The van der Waals surface area contributed by atoms with Gasteiger partial charge in [0.2, 0.25) is 11.8 Å². The monoisotopic (exact) mass is 366 g/mol. The van der Waals surface area contributed by atoms with Gasteiger partial charge in [-0.3, -0.25) is 9.59 Å². The third kappa shape index (κ3) is 4.11. The van der Waals surface area contributed by atoms with Crippen LogP contribution in [-0.4, -0.2) is 29.3 Å². The van der Waals surface area contributed by atoms with Crippen LogP contribution in [0.5, 0.6) is 0 Å². The van der Waals surface area contributed by atoms with Gasteiger partial charge in [0.05, 0.1) is 0 Å². The van der Waals surface area contributed by atoms with Crippen molar-refractivity contribution in [2.75, 3.05) is 11.9 Å². The second kappa shape index (κ2) is 7.58. The Labute approximate surface area is 151 Å². The highest BCUT2D eigenvalue weighted by molar-refractivity contribution is 6.35. The topological polar surface area (TPSA) is 49.4 Å². The number of nitrogens with one attached hydrogen (secondary N) is 1. The van der Waals surface area contributed by atoms with Crippen LogP contribution in [-0.2, 0) is 9.59 Å². The minimum absolute atomic E-state index is 0.0633. The molecule has 0 bridgehead atoms. The van der Waals surface area contributed by atoms with Crippen molar-refractivity contribution < 1.29 is 9.59 Å². The van der Waals surface area contributed by atoms with Gasteiger partial charge in [-0.25, -0.2) is 0 Å². The molecular formula is C18H20Cl2N2O2. The number of allylic oxidation sites excluding steroid dienone is 2. The fourth-order valence-electron chi connectivity index (χ4n) is 3.40. The Hall–Kier alpha value is -1.52. The number of rotatable bonds is 4. The summed E-state index contributed by atoms with van der Waals surface area (Å²) in [6.45, 7) is 0.643. The molecule has 2 amide bonds. The van der Waals surface area contributed by atoms with Crippen molar-refractivity contribution in [1.29, 1.82) is 0 Å². The van der Waals surface area contributed by atoms with E-state index in [2.05, 4.69) is 17.5 Å². The summed E-state index contributed by atoms with van der Waals surface area (Å²) >= 11 is 11.9. The number of anilines is 1. The summed E-state index contributed by atoms with van der Waals surface area (Å²) in [5, 5.41) is 3.75. The molecule has 1 aromatic carbocycles. The highest BCUT2D eigenvalue weighted by atomic mass is 35.5. The molecule has 3 rings (SSSR count). The van der Waals surface area contributed by atoms with E-state index in [1.54, 1.807) is 23.1 Å². The van der Waals surface area contributed by atoms with Crippen LogP contribution in [0.2, 0.25) is 10.0 Å². The van der Waals surface area contributed by atoms with Crippen molar-refractivity contribution in [3.8, 4) is 0 Å². The highest BCUT2D eigenvalue weighted by Crippen LogP contribution is 2.27. The van der Waals surface area contributed by atoms with Gasteiger partial charge in [-0.1, -0.05) is 35.4 Å². The van der Waals surface area contributed by atoms with Crippen LogP contribution < -0.4 is 5.32 Å². The number of hydrogen-bond donors (Lipinski definition) is 1. The number of carbonyl (C=O) groups excluding carboxylic acids is 2. The summed E-state index contributed by atoms with van der Waals surface area (Å²) < 4.78 is 0. The van der Waals surface area contributed by atoms with Gasteiger partial charge in [0, 0.05) is 28.7 Å². The van der Waals surface area contributed by atoms with Crippen molar-refractivity contribution in [3.63, 3.8) is 0 Å². The molecule has 0 saturated carbocycles. The number of amides is 2. The molecule has 0 spiro atoms. The Morgan fingerprint density at radius 1 is 1.17 bits per heavy atom. The summed E-state index contributed by atoms with van der Waals surface area (Å²) in [6.07, 6.45) is 8.32. The predicted molar refractivity (Wildman–Crippen MR) is 96.3 cm³/mol. The largest absolute Gasteiger partial charge is 0.331 e. The van der Waals surface area contributed by atoms with E-state index in [0.29, 0.717) is 41.0 Å². The molecule has 2 aliphatic rings. The first-order valence-corrected chi connectivity index (χ1v) is 9.01. The van der Waals surface area contributed by atoms with Crippen molar-refractivity contribution >= 4 is 40.7 Å². The van der Waals surface area contributed by atoms with Gasteiger partial charge in [-0.15, -0.1) is 0 Å². The van der Waals surface area contributed by atoms with Crippen LogP contribution in [0.1, 0.15) is 32.1 Å². The second-order valence-electron chi connectivity index (χ2n) is 6.36. The smallest absolute Gasteiger partial charge is 0.247 e. The molecule has 1 aliphatic heterocycles. The van der Waals surface area contributed by atoms with E-state index in [0.717, 1.165) is 19.3 Å². The minimum Gasteiger partial charge on any atom is -0.331 e. The first kappa shape index (κ1) is 17.3. The summed E-state index contributed by atoms with van der Waals surface area (Å²) in [5.74, 6) is 0.197. The molecule has 1 fully saturated rings. The van der Waals surface area contributed by atoms with E-state index in [1.165, 1.54) is 0 Å². The van der Waals surface area contributed by atoms with E-state index in [1.807, 2.05) is 0 Å². The van der Waals surface area contributed by atoms with Crippen LogP contribution in [0.25, 0.3) is 0 Å². The lowest BCUT2D eigenvalue weighted by Gasteiger charge is -2.25. The Kier molecular flexibility index (Phi) is 5.47. The van der Waals surface area contributed by atoms with E-state index >= 15 is 0 Å². The van der Waals surface area contributed by atoms with E-state index in [9.17, 15) is 9.59 Å². The van der Waals surface area contributed by atoms with Gasteiger partial charge < -0.3 is 10.2 Å². The van der Waals surface area contributed by atoms with Crippen molar-refractivity contribution in [3.05, 3.63) is 40.4 Å². The van der Waals surface area contributed by atoms with Crippen LogP contribution in [0.3, 0.4) is 0 Å². The van der Waals surface area contributed by atoms with Gasteiger partial charge in [-0.05, 0) is 49.8 Å². The van der Waals surface area contributed by atoms with Crippen LogP contribution in [0.15, 0.2) is 30.4 Å². The summed E-state index contributed by atoms with van der Waals surface area (Å²) in [5.41, 5.74) is 0.551. The molecule has 4 nitrogen and oxygen atoms in total. The molecule has 1 aromatic rings. The highest BCUT2D eigenvalue weighted by Gasteiger charge is 2.34. The molecule has 1 N–H and O–H groups in total. The first-order valence-electron chi connectivity index (χ1n) is 8.26. The summed E-state index contributed by atoms with van der Waals surface area (Å²) in [7, 11) is 0. The second-order valence-corrected chi connectivity index (χ2v) is 7.24. The number of halogens is 2. The molecule has 1 heterocycles. The lowest BCUT2D eigenvalue weighted by atomic mass is 10.0. The Bertz CT molecular complexity index is 655. The molecular weight excluding hydrogens is 347 g/mol. The Morgan fingerprint density at radius 2 is 1.92 bits per heavy atom. The zero-order chi connectivity index (χ0) is 17.1. The van der Waals surface area contributed by atoms with Crippen molar-refractivity contribution in [2.24, 2.45) is 5.92 Å². The van der Waals surface area contributed by atoms with Gasteiger partial charge in [0.15, 0.2) is 0 Å². The number of carbonyl (C=O) groups is 2. The third-order valence-corrected chi connectivity index (χ3v) is 4.99. The third-order valence-electron chi connectivity index (χ3n) is 4.56. The number of benzene rings is 1. The summed E-state index contributed by atoms with van der Waals surface area (Å²) in [4.78, 5) is 26.8. The van der Waals surface area contributed by atoms with Gasteiger partial charge in [0.25, 0.3) is 0 Å². The zero-order valence-electron chi connectivity index (χ0n) is 13.3. The maximum Gasteiger partial charge on any atom is 0.247 e. The maximum atomic E-state index is 12.6. The van der Waals surface area contributed by atoms with Crippen LogP contribution in [0.4, 0.5) is 5.69 Å². The quantitative estimate of drug-likeness (QED) is 0.808. The number of nitrogens with zero attached hydrogens (tertiary/aromatic N) is 1. The fourth-order valence-corrected chi connectivity index (χ4v) is 3.92. The average Bonchev–Trinajstić information content (AvgIpc) is 3.16. The number of hydrogen-bond acceptors (Lipinski definition) is 2. The molecule has 0 aromatic heterocycles. The molecule has 6 heteroatoms. The lowest BCUT2D eigenvalue weighted by Crippen LogP contribution is -2.43. The van der Waals surface area contributed by atoms with E-state index in [-0.39, 0.29) is 11.8 Å². The lowest BCUT2D eigenvalue weighted by molar-refractivity contribution is -0.137. The fraction of sp³-hybridized carbons (Fsp3) is 0.444. The van der Waals surface area contributed by atoms with Gasteiger partial charge in [-0.2, -0.15) is 0 Å². The average molecular weight is 367 g/mol. The summed E-state index contributed by atoms with van der Waals surface area (Å²) in [6, 6.07) is 4.49. The van der Waals surface area contributed by atoms with Gasteiger partial charge >= 0.3 is 0 Å². The predicted octanol–water partition coefficient (Wildman–Crippen LogP) is 4.28.